The second-order valence-corrected chi connectivity index (χ2v) is 5.65. The highest BCUT2D eigenvalue weighted by molar-refractivity contribution is 5.83. The van der Waals surface area contributed by atoms with E-state index in [1.807, 2.05) is 17.0 Å². The first-order valence-electron chi connectivity index (χ1n) is 7.49. The van der Waals surface area contributed by atoms with Crippen LogP contribution in [0, 0.1) is 0 Å². The highest BCUT2D eigenvalue weighted by Gasteiger charge is 2.30. The van der Waals surface area contributed by atoms with E-state index in [1.54, 1.807) is 14.2 Å². The number of carbonyl (C=O) groups is 1. The van der Waals surface area contributed by atoms with Gasteiger partial charge in [-0.3, -0.25) is 4.79 Å². The summed E-state index contributed by atoms with van der Waals surface area (Å²) < 4.78 is 10.7. The predicted molar refractivity (Wildman–Crippen MR) is 79.7 cm³/mol. The number of nitrogens with one attached hydrogen (secondary N) is 1. The fourth-order valence-electron chi connectivity index (χ4n) is 3.18. The smallest absolute Gasteiger partial charge is 0.240 e. The van der Waals surface area contributed by atoms with Gasteiger partial charge >= 0.3 is 0 Å². The predicted octanol–water partition coefficient (Wildman–Crippen LogP) is 1.34. The number of benzene rings is 1. The van der Waals surface area contributed by atoms with E-state index in [2.05, 4.69) is 5.32 Å². The normalized spacial score (nSPS) is 21.0. The molecule has 0 aliphatic carbocycles. The number of carbonyl (C=O) groups excluding carboxylic acids is 1. The van der Waals surface area contributed by atoms with Crippen molar-refractivity contribution in [1.29, 1.82) is 0 Å². The largest absolute Gasteiger partial charge is 0.493 e. The minimum Gasteiger partial charge on any atom is -0.493 e. The fraction of sp³-hybridized carbons (Fsp3) is 0.562. The number of nitrogens with zero attached hydrogens (tertiary/aromatic N) is 1. The lowest BCUT2D eigenvalue weighted by atomic mass is 9.94. The van der Waals surface area contributed by atoms with Crippen LogP contribution in [-0.2, 0) is 17.8 Å². The van der Waals surface area contributed by atoms with Crippen LogP contribution in [-0.4, -0.2) is 44.2 Å². The Morgan fingerprint density at radius 1 is 1.14 bits per heavy atom. The lowest BCUT2D eigenvalue weighted by molar-refractivity contribution is -0.132. The first-order chi connectivity index (χ1) is 10.2. The fourth-order valence-corrected chi connectivity index (χ4v) is 3.18. The Hall–Kier alpha value is -1.75. The lowest BCUT2D eigenvalue weighted by Gasteiger charge is -2.29. The van der Waals surface area contributed by atoms with Crippen molar-refractivity contribution in [3.8, 4) is 11.5 Å². The summed E-state index contributed by atoms with van der Waals surface area (Å²) in [6.07, 6.45) is 2.96. The molecular weight excluding hydrogens is 268 g/mol. The van der Waals surface area contributed by atoms with Crippen LogP contribution in [0.15, 0.2) is 12.1 Å². The lowest BCUT2D eigenvalue weighted by Crippen LogP contribution is -2.48. The van der Waals surface area contributed by atoms with Gasteiger partial charge in [-0.05, 0) is 42.5 Å². The van der Waals surface area contributed by atoms with Gasteiger partial charge in [-0.2, -0.15) is 0 Å². The van der Waals surface area contributed by atoms with Crippen molar-refractivity contribution in [3.63, 3.8) is 0 Å². The Balaban J connectivity index is 1.79. The summed E-state index contributed by atoms with van der Waals surface area (Å²) in [6, 6.07) is 3.88. The molecule has 1 aromatic carbocycles. The maximum Gasteiger partial charge on any atom is 0.240 e. The first-order valence-corrected chi connectivity index (χ1v) is 7.49. The van der Waals surface area contributed by atoms with Gasteiger partial charge in [0.2, 0.25) is 5.91 Å². The molecule has 0 saturated carbocycles. The summed E-state index contributed by atoms with van der Waals surface area (Å²) >= 11 is 0. The molecule has 1 aromatic rings. The molecule has 114 valence electrons. The van der Waals surface area contributed by atoms with Gasteiger partial charge in [-0.25, -0.2) is 0 Å². The Kier molecular flexibility index (Phi) is 4.01. The van der Waals surface area contributed by atoms with E-state index >= 15 is 0 Å². The van der Waals surface area contributed by atoms with E-state index in [0.717, 1.165) is 37.4 Å². The summed E-state index contributed by atoms with van der Waals surface area (Å²) in [4.78, 5) is 14.5. The summed E-state index contributed by atoms with van der Waals surface area (Å²) in [7, 11) is 3.28. The van der Waals surface area contributed by atoms with E-state index < -0.39 is 0 Å². The minimum atomic E-state index is -0.117. The second-order valence-electron chi connectivity index (χ2n) is 5.65. The number of fused-ring (bicyclic) bond motifs is 1. The molecule has 1 atom stereocenters. The minimum absolute atomic E-state index is 0.117. The summed E-state index contributed by atoms with van der Waals surface area (Å²) in [6.45, 7) is 2.49. The number of amides is 1. The third-order valence-corrected chi connectivity index (χ3v) is 4.38. The van der Waals surface area contributed by atoms with Crippen LogP contribution in [0.3, 0.4) is 0 Å². The Bertz CT molecular complexity index is 539. The van der Waals surface area contributed by atoms with E-state index in [1.165, 1.54) is 11.1 Å². The van der Waals surface area contributed by atoms with Gasteiger partial charge in [-0.1, -0.05) is 0 Å². The average Bonchev–Trinajstić information content (AvgIpc) is 3.06. The van der Waals surface area contributed by atoms with Crippen molar-refractivity contribution in [2.24, 2.45) is 0 Å². The molecule has 1 N–H and O–H groups in total. The molecule has 5 heteroatoms. The SMILES string of the molecule is COc1cc2c(cc1OC)CC(C(=O)N1CCCC1)NC2. The van der Waals surface area contributed by atoms with E-state index in [9.17, 15) is 4.79 Å². The van der Waals surface area contributed by atoms with Crippen LogP contribution in [0.2, 0.25) is 0 Å². The Morgan fingerprint density at radius 2 is 1.76 bits per heavy atom. The van der Waals surface area contributed by atoms with Crippen LogP contribution in [0.25, 0.3) is 0 Å². The zero-order valence-corrected chi connectivity index (χ0v) is 12.6. The first kappa shape index (κ1) is 14.2. The van der Waals surface area contributed by atoms with Crippen LogP contribution in [0.1, 0.15) is 24.0 Å². The standard InChI is InChI=1S/C16H22N2O3/c1-20-14-8-11-7-13(16(19)18-5-3-4-6-18)17-10-12(11)9-15(14)21-2/h8-9,13,17H,3-7,10H2,1-2H3. The molecule has 0 aromatic heterocycles. The highest BCUT2D eigenvalue weighted by atomic mass is 16.5. The number of hydrogen-bond acceptors (Lipinski definition) is 4. The summed E-state index contributed by atoms with van der Waals surface area (Å²) in [5, 5.41) is 3.35. The number of likely N-dealkylation sites (tertiary alicyclic amines) is 1. The third-order valence-electron chi connectivity index (χ3n) is 4.38. The maximum absolute atomic E-state index is 12.5. The quantitative estimate of drug-likeness (QED) is 0.913. The molecule has 5 nitrogen and oxygen atoms in total. The van der Waals surface area contributed by atoms with Gasteiger partial charge in [0, 0.05) is 19.6 Å². The maximum atomic E-state index is 12.5. The molecular formula is C16H22N2O3. The van der Waals surface area contributed by atoms with Gasteiger partial charge in [-0.15, -0.1) is 0 Å². The number of ether oxygens (including phenoxy) is 2. The van der Waals surface area contributed by atoms with Gasteiger partial charge in [0.1, 0.15) is 0 Å². The molecule has 0 radical (unpaired) electrons. The third kappa shape index (κ3) is 2.70. The second kappa shape index (κ2) is 5.93. The van der Waals surface area contributed by atoms with Crippen LogP contribution >= 0.6 is 0 Å². The number of hydrogen-bond donors (Lipinski definition) is 1. The van der Waals surface area contributed by atoms with E-state index in [4.69, 9.17) is 9.47 Å². The molecule has 1 fully saturated rings. The molecule has 1 saturated heterocycles. The number of methoxy groups -OCH3 is 2. The van der Waals surface area contributed by atoms with Crippen molar-refractivity contribution < 1.29 is 14.3 Å². The van der Waals surface area contributed by atoms with E-state index in [0.29, 0.717) is 13.0 Å². The van der Waals surface area contributed by atoms with Crippen molar-refractivity contribution in [3.05, 3.63) is 23.3 Å². The van der Waals surface area contributed by atoms with Crippen molar-refractivity contribution in [1.82, 2.24) is 10.2 Å². The monoisotopic (exact) mass is 290 g/mol. The zero-order chi connectivity index (χ0) is 14.8. The molecule has 0 spiro atoms. The Labute approximate surface area is 125 Å². The molecule has 2 heterocycles. The summed E-state index contributed by atoms with van der Waals surface area (Å²) in [5.74, 6) is 1.70. The van der Waals surface area contributed by atoms with Crippen molar-refractivity contribution in [2.75, 3.05) is 27.3 Å². The molecule has 21 heavy (non-hydrogen) atoms. The number of rotatable bonds is 3. The van der Waals surface area contributed by atoms with Gasteiger partial charge in [0.15, 0.2) is 11.5 Å². The topological polar surface area (TPSA) is 50.8 Å². The van der Waals surface area contributed by atoms with Gasteiger partial charge in [0.25, 0.3) is 0 Å². The van der Waals surface area contributed by atoms with Crippen LogP contribution in [0.4, 0.5) is 0 Å². The molecule has 3 rings (SSSR count). The molecule has 2 aliphatic heterocycles. The molecule has 1 amide bonds. The average molecular weight is 290 g/mol. The van der Waals surface area contributed by atoms with Crippen LogP contribution < -0.4 is 14.8 Å². The van der Waals surface area contributed by atoms with Gasteiger partial charge < -0.3 is 19.7 Å². The van der Waals surface area contributed by atoms with Crippen molar-refractivity contribution in [2.45, 2.75) is 31.8 Å². The van der Waals surface area contributed by atoms with E-state index in [-0.39, 0.29) is 11.9 Å². The zero-order valence-electron chi connectivity index (χ0n) is 12.6. The Morgan fingerprint density at radius 3 is 2.38 bits per heavy atom. The van der Waals surface area contributed by atoms with Gasteiger partial charge in [0.05, 0.1) is 20.3 Å². The highest BCUT2D eigenvalue weighted by Crippen LogP contribution is 2.32. The van der Waals surface area contributed by atoms with Crippen LogP contribution in [0.5, 0.6) is 11.5 Å². The molecule has 0 bridgehead atoms. The summed E-state index contributed by atoms with van der Waals surface area (Å²) in [5.41, 5.74) is 2.35. The molecule has 1 unspecified atom stereocenters. The van der Waals surface area contributed by atoms with Crippen molar-refractivity contribution >= 4 is 5.91 Å². The molecule has 2 aliphatic rings.